The van der Waals surface area contributed by atoms with Gasteiger partial charge < -0.3 is 9.32 Å². The Bertz CT molecular complexity index is 2050. The van der Waals surface area contributed by atoms with E-state index in [9.17, 15) is 0 Å². The molecule has 0 unspecified atom stereocenters. The van der Waals surface area contributed by atoms with Crippen LogP contribution in [-0.2, 0) is 5.41 Å². The lowest BCUT2D eigenvalue weighted by atomic mass is 9.80. The van der Waals surface area contributed by atoms with Crippen LogP contribution in [0.3, 0.4) is 0 Å². The third-order valence-corrected chi connectivity index (χ3v) is 8.40. The Balaban J connectivity index is 1.55. The zero-order valence-electron chi connectivity index (χ0n) is 22.0. The van der Waals surface area contributed by atoms with Gasteiger partial charge in [-0.3, -0.25) is 0 Å². The quantitative estimate of drug-likeness (QED) is 0.239. The summed E-state index contributed by atoms with van der Waals surface area (Å²) in [6.45, 7) is 4.73. The van der Waals surface area contributed by atoms with E-state index in [-0.39, 0.29) is 5.41 Å². The number of furan rings is 1. The molecule has 0 radical (unpaired) electrons. The highest BCUT2D eigenvalue weighted by atomic mass is 16.3. The molecule has 0 saturated heterocycles. The van der Waals surface area contributed by atoms with Crippen molar-refractivity contribution in [3.8, 4) is 11.1 Å². The maximum Gasteiger partial charge on any atom is 0.137 e. The van der Waals surface area contributed by atoms with Gasteiger partial charge in [0.05, 0.1) is 16.8 Å². The predicted octanol–water partition coefficient (Wildman–Crippen LogP) is 10.5. The molecule has 1 heterocycles. The number of hydrogen-bond acceptors (Lipinski definition) is 2. The van der Waals surface area contributed by atoms with Crippen LogP contribution in [0, 0.1) is 0 Å². The fourth-order valence-electron chi connectivity index (χ4n) is 6.74. The first-order chi connectivity index (χ1) is 19.1. The smallest absolute Gasteiger partial charge is 0.137 e. The number of fused-ring (bicyclic) bond motifs is 8. The molecule has 0 fully saturated rings. The van der Waals surface area contributed by atoms with Crippen LogP contribution in [0.2, 0.25) is 0 Å². The van der Waals surface area contributed by atoms with Gasteiger partial charge in [-0.2, -0.15) is 0 Å². The van der Waals surface area contributed by atoms with Crippen LogP contribution in [0.1, 0.15) is 25.0 Å². The highest BCUT2D eigenvalue weighted by Gasteiger charge is 2.39. The van der Waals surface area contributed by atoms with Gasteiger partial charge in [-0.25, -0.2) is 0 Å². The first-order valence-corrected chi connectivity index (χ1v) is 13.5. The molecule has 2 nitrogen and oxygen atoms in total. The lowest BCUT2D eigenvalue weighted by Crippen LogP contribution is -2.17. The molecule has 7 aromatic rings. The Morgan fingerprint density at radius 3 is 2.15 bits per heavy atom. The SMILES string of the molecule is CC1(C)c2ccccc2-c2c(N(c3ccccc3)c3cccc4oc5ccccc5c34)cc3ccccc3c21. The topological polar surface area (TPSA) is 16.4 Å². The molecule has 0 N–H and O–H groups in total. The van der Waals surface area contributed by atoms with Crippen molar-refractivity contribution in [1.29, 1.82) is 0 Å². The van der Waals surface area contributed by atoms with Crippen molar-refractivity contribution in [1.82, 2.24) is 0 Å². The molecule has 1 aromatic heterocycles. The summed E-state index contributed by atoms with van der Waals surface area (Å²) in [7, 11) is 0. The monoisotopic (exact) mass is 501 g/mol. The summed E-state index contributed by atoms with van der Waals surface area (Å²) in [6.07, 6.45) is 0. The zero-order valence-corrected chi connectivity index (χ0v) is 22.0. The van der Waals surface area contributed by atoms with Crippen LogP contribution in [0.25, 0.3) is 43.8 Å². The van der Waals surface area contributed by atoms with Crippen LogP contribution >= 0.6 is 0 Å². The summed E-state index contributed by atoms with van der Waals surface area (Å²) in [6, 6.07) is 45.6. The third kappa shape index (κ3) is 3.09. The van der Waals surface area contributed by atoms with E-state index in [1.807, 2.05) is 6.07 Å². The molecule has 39 heavy (non-hydrogen) atoms. The second kappa shape index (κ2) is 8.09. The molecule has 2 heteroatoms. The number of benzene rings is 6. The van der Waals surface area contributed by atoms with Crippen LogP contribution in [-0.4, -0.2) is 0 Å². The van der Waals surface area contributed by atoms with Crippen molar-refractivity contribution in [3.63, 3.8) is 0 Å². The summed E-state index contributed by atoms with van der Waals surface area (Å²) < 4.78 is 6.34. The number of anilines is 3. The minimum atomic E-state index is -0.127. The maximum atomic E-state index is 6.34. The van der Waals surface area contributed by atoms with Crippen molar-refractivity contribution >= 4 is 49.8 Å². The van der Waals surface area contributed by atoms with Gasteiger partial charge >= 0.3 is 0 Å². The van der Waals surface area contributed by atoms with Crippen molar-refractivity contribution in [3.05, 3.63) is 139 Å². The predicted molar refractivity (Wildman–Crippen MR) is 163 cm³/mol. The summed E-state index contributed by atoms with van der Waals surface area (Å²) in [5, 5.41) is 4.82. The summed E-state index contributed by atoms with van der Waals surface area (Å²) in [5.41, 5.74) is 10.5. The molecule has 0 bridgehead atoms. The van der Waals surface area contributed by atoms with E-state index in [0.29, 0.717) is 0 Å². The van der Waals surface area contributed by atoms with Gasteiger partial charge in [-0.1, -0.05) is 105 Å². The molecule has 1 aliphatic carbocycles. The summed E-state index contributed by atoms with van der Waals surface area (Å²) in [4.78, 5) is 2.44. The van der Waals surface area contributed by atoms with E-state index >= 15 is 0 Å². The molecular weight excluding hydrogens is 474 g/mol. The average Bonchev–Trinajstić information content (AvgIpc) is 3.47. The Hall–Kier alpha value is -4.82. The van der Waals surface area contributed by atoms with E-state index < -0.39 is 0 Å². The second-order valence-electron chi connectivity index (χ2n) is 11.0. The third-order valence-electron chi connectivity index (χ3n) is 8.40. The molecule has 0 amide bonds. The summed E-state index contributed by atoms with van der Waals surface area (Å²) >= 11 is 0. The minimum absolute atomic E-state index is 0.127. The van der Waals surface area contributed by atoms with E-state index in [1.165, 1.54) is 38.7 Å². The molecule has 186 valence electrons. The van der Waals surface area contributed by atoms with Gasteiger partial charge in [0.2, 0.25) is 0 Å². The molecule has 0 atom stereocenters. The van der Waals surface area contributed by atoms with Gasteiger partial charge in [-0.05, 0) is 63.9 Å². The van der Waals surface area contributed by atoms with Gasteiger partial charge in [-0.15, -0.1) is 0 Å². The van der Waals surface area contributed by atoms with Crippen molar-refractivity contribution in [2.75, 3.05) is 4.90 Å². The Morgan fingerprint density at radius 2 is 1.28 bits per heavy atom. The first-order valence-electron chi connectivity index (χ1n) is 13.5. The molecule has 0 aliphatic heterocycles. The molecule has 0 saturated carbocycles. The highest BCUT2D eigenvalue weighted by molar-refractivity contribution is 6.15. The van der Waals surface area contributed by atoms with Gasteiger partial charge in [0.15, 0.2) is 0 Å². The Labute approximate surface area is 227 Å². The van der Waals surface area contributed by atoms with E-state index in [4.69, 9.17) is 4.42 Å². The Kier molecular flexibility index (Phi) is 4.60. The normalized spacial score (nSPS) is 13.6. The minimum Gasteiger partial charge on any atom is -0.456 e. The van der Waals surface area contributed by atoms with Crippen LogP contribution < -0.4 is 4.90 Å². The number of rotatable bonds is 3. The first kappa shape index (κ1) is 22.2. The van der Waals surface area contributed by atoms with E-state index in [0.717, 1.165) is 33.3 Å². The lowest BCUT2D eigenvalue weighted by Gasteiger charge is -2.30. The summed E-state index contributed by atoms with van der Waals surface area (Å²) in [5.74, 6) is 0. The van der Waals surface area contributed by atoms with Gasteiger partial charge in [0, 0.05) is 22.1 Å². The van der Waals surface area contributed by atoms with Crippen LogP contribution in [0.4, 0.5) is 17.1 Å². The number of para-hydroxylation sites is 2. The molecule has 1 aliphatic rings. The lowest BCUT2D eigenvalue weighted by molar-refractivity contribution is 0.666. The standard InChI is InChI=1S/C37H27NO/c1-37(2)29-19-10-8-17-27(29)35-31(23-24-13-6-7-16-26(24)36(35)37)38(25-14-4-3-5-15-25)30-20-12-22-33-34(30)28-18-9-11-21-32(28)39-33/h3-23H,1-2H3. The molecule has 0 spiro atoms. The average molecular weight is 502 g/mol. The van der Waals surface area contributed by atoms with Crippen LogP contribution in [0.5, 0.6) is 0 Å². The fourth-order valence-corrected chi connectivity index (χ4v) is 6.74. The van der Waals surface area contributed by atoms with Crippen molar-refractivity contribution < 1.29 is 4.42 Å². The van der Waals surface area contributed by atoms with Crippen molar-refractivity contribution in [2.45, 2.75) is 19.3 Å². The number of nitrogens with zero attached hydrogens (tertiary/aromatic N) is 1. The zero-order chi connectivity index (χ0) is 26.1. The second-order valence-corrected chi connectivity index (χ2v) is 11.0. The van der Waals surface area contributed by atoms with Crippen molar-refractivity contribution in [2.24, 2.45) is 0 Å². The van der Waals surface area contributed by atoms with E-state index in [2.05, 4.69) is 140 Å². The van der Waals surface area contributed by atoms with Gasteiger partial charge in [0.1, 0.15) is 11.2 Å². The Morgan fingerprint density at radius 1 is 0.590 bits per heavy atom. The largest absolute Gasteiger partial charge is 0.456 e. The molecular formula is C37H27NO. The fraction of sp³-hybridized carbons (Fsp3) is 0.0811. The van der Waals surface area contributed by atoms with E-state index in [1.54, 1.807) is 0 Å². The highest BCUT2D eigenvalue weighted by Crippen LogP contribution is 2.57. The maximum absolute atomic E-state index is 6.34. The van der Waals surface area contributed by atoms with Gasteiger partial charge in [0.25, 0.3) is 0 Å². The molecule has 6 aromatic carbocycles. The number of hydrogen-bond donors (Lipinski definition) is 0. The molecule has 8 rings (SSSR count). The van der Waals surface area contributed by atoms with Crippen LogP contribution in [0.15, 0.2) is 132 Å².